The van der Waals surface area contributed by atoms with Crippen molar-refractivity contribution in [2.45, 2.75) is 33.7 Å². The minimum atomic E-state index is -0.406. The van der Waals surface area contributed by atoms with E-state index in [0.717, 1.165) is 22.4 Å². The van der Waals surface area contributed by atoms with Crippen LogP contribution in [0.15, 0.2) is 36.4 Å². The number of fused-ring (bicyclic) bond motifs is 1. The third-order valence-electron chi connectivity index (χ3n) is 4.99. The van der Waals surface area contributed by atoms with Crippen LogP contribution < -0.4 is 9.47 Å². The van der Waals surface area contributed by atoms with Crippen molar-refractivity contribution in [2.24, 2.45) is 0 Å². The van der Waals surface area contributed by atoms with Gasteiger partial charge in [0.25, 0.3) is 5.91 Å². The van der Waals surface area contributed by atoms with Gasteiger partial charge in [0.2, 0.25) is 0 Å². The van der Waals surface area contributed by atoms with Crippen LogP contribution >= 0.6 is 0 Å². The molecular formula is C23H27NO5. The van der Waals surface area contributed by atoms with Gasteiger partial charge in [-0.05, 0) is 55.2 Å². The van der Waals surface area contributed by atoms with E-state index in [1.54, 1.807) is 4.90 Å². The second-order valence-electron chi connectivity index (χ2n) is 7.14. The predicted octanol–water partition coefficient (Wildman–Crippen LogP) is 3.21. The number of hydrogen-bond donors (Lipinski definition) is 0. The van der Waals surface area contributed by atoms with Crippen LogP contribution in [-0.2, 0) is 27.3 Å². The Labute approximate surface area is 171 Å². The number of hydrogen-bond acceptors (Lipinski definition) is 5. The van der Waals surface area contributed by atoms with E-state index in [9.17, 15) is 9.59 Å². The van der Waals surface area contributed by atoms with Gasteiger partial charge in [-0.2, -0.15) is 0 Å². The Morgan fingerprint density at radius 3 is 2.41 bits per heavy atom. The van der Waals surface area contributed by atoms with Gasteiger partial charge in [0.05, 0.1) is 6.42 Å². The first-order valence-electron chi connectivity index (χ1n) is 9.84. The highest BCUT2D eigenvalue weighted by atomic mass is 16.6. The second kappa shape index (κ2) is 9.45. The molecule has 0 radical (unpaired) electrons. The highest BCUT2D eigenvalue weighted by Gasteiger charge is 2.17. The highest BCUT2D eigenvalue weighted by Crippen LogP contribution is 2.31. The zero-order valence-corrected chi connectivity index (χ0v) is 17.2. The van der Waals surface area contributed by atoms with Crippen LogP contribution in [0.25, 0.3) is 0 Å². The van der Waals surface area contributed by atoms with Crippen molar-refractivity contribution in [1.29, 1.82) is 0 Å². The Morgan fingerprint density at radius 2 is 1.69 bits per heavy atom. The number of carbonyl (C=O) groups excluding carboxylic acids is 2. The molecule has 1 heterocycles. The average Bonchev–Trinajstić information content (AvgIpc) is 2.72. The fraction of sp³-hybridized carbons (Fsp3) is 0.391. The summed E-state index contributed by atoms with van der Waals surface area (Å²) in [4.78, 5) is 26.3. The van der Waals surface area contributed by atoms with Crippen LogP contribution in [0.1, 0.15) is 29.2 Å². The smallest absolute Gasteiger partial charge is 0.310 e. The molecule has 0 bridgehead atoms. The standard InChI is InChI=1S/C23H27NO5/c1-4-24(14-19-7-8-20-21(12-19)28-10-9-27-20)22(25)15-29-23(26)13-18-6-5-16(2)17(3)11-18/h5-8,11-12H,4,9-10,13-15H2,1-3H3. The van der Waals surface area contributed by atoms with Gasteiger partial charge in [0.15, 0.2) is 18.1 Å². The fourth-order valence-electron chi connectivity index (χ4n) is 3.15. The summed E-state index contributed by atoms with van der Waals surface area (Å²) in [5.74, 6) is 0.777. The molecule has 0 aromatic heterocycles. The van der Waals surface area contributed by atoms with Gasteiger partial charge in [0, 0.05) is 13.1 Å². The van der Waals surface area contributed by atoms with Crippen LogP contribution in [0.5, 0.6) is 11.5 Å². The van der Waals surface area contributed by atoms with Crippen LogP contribution in [0.3, 0.4) is 0 Å². The summed E-state index contributed by atoms with van der Waals surface area (Å²) in [7, 11) is 0. The van der Waals surface area contributed by atoms with Crippen LogP contribution in [0.2, 0.25) is 0 Å². The van der Waals surface area contributed by atoms with Gasteiger partial charge in [0.1, 0.15) is 13.2 Å². The van der Waals surface area contributed by atoms with Gasteiger partial charge in [-0.1, -0.05) is 24.3 Å². The van der Waals surface area contributed by atoms with E-state index in [4.69, 9.17) is 14.2 Å². The minimum absolute atomic E-state index is 0.155. The molecule has 3 rings (SSSR count). The first-order chi connectivity index (χ1) is 14.0. The Hall–Kier alpha value is -3.02. The van der Waals surface area contributed by atoms with E-state index in [0.29, 0.717) is 32.1 Å². The maximum Gasteiger partial charge on any atom is 0.310 e. The first-order valence-corrected chi connectivity index (χ1v) is 9.84. The summed E-state index contributed by atoms with van der Waals surface area (Å²) < 4.78 is 16.3. The van der Waals surface area contributed by atoms with Crippen molar-refractivity contribution in [3.8, 4) is 11.5 Å². The molecule has 0 saturated carbocycles. The Kier molecular flexibility index (Phi) is 6.75. The normalized spacial score (nSPS) is 12.4. The lowest BCUT2D eigenvalue weighted by atomic mass is 10.0. The number of nitrogens with zero attached hydrogens (tertiary/aromatic N) is 1. The van der Waals surface area contributed by atoms with Crippen molar-refractivity contribution >= 4 is 11.9 Å². The maximum absolute atomic E-state index is 12.5. The largest absolute Gasteiger partial charge is 0.486 e. The van der Waals surface area contributed by atoms with Crippen LogP contribution in [0, 0.1) is 13.8 Å². The average molecular weight is 397 g/mol. The minimum Gasteiger partial charge on any atom is -0.486 e. The van der Waals surface area contributed by atoms with E-state index in [1.165, 1.54) is 5.56 Å². The van der Waals surface area contributed by atoms with Gasteiger partial charge < -0.3 is 19.1 Å². The number of likely N-dealkylation sites (N-methyl/N-ethyl adjacent to an activating group) is 1. The summed E-state index contributed by atoms with van der Waals surface area (Å²) in [5.41, 5.74) is 4.12. The third kappa shape index (κ3) is 5.50. The monoisotopic (exact) mass is 397 g/mol. The molecule has 0 fully saturated rings. The molecule has 29 heavy (non-hydrogen) atoms. The Bertz CT molecular complexity index is 893. The number of carbonyl (C=O) groups is 2. The molecule has 1 aliphatic rings. The molecule has 0 spiro atoms. The van der Waals surface area contributed by atoms with Gasteiger partial charge in [-0.15, -0.1) is 0 Å². The molecule has 1 aliphatic heterocycles. The molecule has 6 heteroatoms. The number of esters is 1. The zero-order chi connectivity index (χ0) is 20.8. The Morgan fingerprint density at radius 1 is 0.966 bits per heavy atom. The zero-order valence-electron chi connectivity index (χ0n) is 17.2. The van der Waals surface area contributed by atoms with Crippen molar-refractivity contribution in [2.75, 3.05) is 26.4 Å². The molecule has 2 aromatic carbocycles. The third-order valence-corrected chi connectivity index (χ3v) is 4.99. The lowest BCUT2D eigenvalue weighted by Crippen LogP contribution is -2.34. The first kappa shape index (κ1) is 20.7. The van der Waals surface area contributed by atoms with E-state index >= 15 is 0 Å². The van der Waals surface area contributed by atoms with E-state index in [-0.39, 0.29) is 18.9 Å². The topological polar surface area (TPSA) is 65.1 Å². The second-order valence-corrected chi connectivity index (χ2v) is 7.14. The van der Waals surface area contributed by atoms with Gasteiger partial charge >= 0.3 is 5.97 Å². The van der Waals surface area contributed by atoms with Gasteiger partial charge in [-0.3, -0.25) is 9.59 Å². The Balaban J connectivity index is 1.52. The predicted molar refractivity (Wildman–Crippen MR) is 109 cm³/mol. The summed E-state index contributed by atoms with van der Waals surface area (Å²) in [6.45, 7) is 7.65. The molecule has 154 valence electrons. The number of rotatable bonds is 7. The number of ether oxygens (including phenoxy) is 3. The SMILES string of the molecule is CCN(Cc1ccc2c(c1)OCCO2)C(=O)COC(=O)Cc1ccc(C)c(C)c1. The summed E-state index contributed by atoms with van der Waals surface area (Å²) in [5, 5.41) is 0. The molecule has 2 aromatic rings. The van der Waals surface area contributed by atoms with E-state index in [2.05, 4.69) is 0 Å². The molecule has 0 saturated heterocycles. The van der Waals surface area contributed by atoms with Crippen molar-refractivity contribution in [3.05, 3.63) is 58.7 Å². The lowest BCUT2D eigenvalue weighted by molar-refractivity contribution is -0.151. The summed E-state index contributed by atoms with van der Waals surface area (Å²) in [6, 6.07) is 11.5. The number of aryl methyl sites for hydroxylation is 2. The molecular weight excluding hydrogens is 370 g/mol. The quantitative estimate of drug-likeness (QED) is 0.672. The molecule has 1 amide bonds. The highest BCUT2D eigenvalue weighted by molar-refractivity contribution is 5.81. The van der Waals surface area contributed by atoms with E-state index < -0.39 is 5.97 Å². The summed E-state index contributed by atoms with van der Waals surface area (Å²) in [6.07, 6.45) is 0.155. The van der Waals surface area contributed by atoms with Crippen LogP contribution in [0.4, 0.5) is 0 Å². The summed E-state index contributed by atoms with van der Waals surface area (Å²) >= 11 is 0. The van der Waals surface area contributed by atoms with Gasteiger partial charge in [-0.25, -0.2) is 0 Å². The maximum atomic E-state index is 12.5. The molecule has 0 N–H and O–H groups in total. The number of benzene rings is 2. The molecule has 6 nitrogen and oxygen atoms in total. The number of amides is 1. The van der Waals surface area contributed by atoms with Crippen molar-refractivity contribution in [1.82, 2.24) is 4.90 Å². The molecule has 0 unspecified atom stereocenters. The van der Waals surface area contributed by atoms with Crippen LogP contribution in [-0.4, -0.2) is 43.1 Å². The van der Waals surface area contributed by atoms with E-state index in [1.807, 2.05) is 57.2 Å². The van der Waals surface area contributed by atoms with Crippen molar-refractivity contribution in [3.63, 3.8) is 0 Å². The fourth-order valence-corrected chi connectivity index (χ4v) is 3.15. The van der Waals surface area contributed by atoms with Crippen molar-refractivity contribution < 1.29 is 23.8 Å². The molecule has 0 atom stereocenters. The molecule has 0 aliphatic carbocycles. The lowest BCUT2D eigenvalue weighted by Gasteiger charge is -2.23.